The molecule has 1 saturated heterocycles. The topological polar surface area (TPSA) is 171 Å². The van der Waals surface area contributed by atoms with E-state index in [1.807, 2.05) is 0 Å². The van der Waals surface area contributed by atoms with Gasteiger partial charge in [0.15, 0.2) is 12.4 Å². The minimum atomic E-state index is -3.12. The molecule has 0 saturated carbocycles. The second-order valence-corrected chi connectivity index (χ2v) is 4.85. The predicted molar refractivity (Wildman–Crippen MR) is 54.6 cm³/mol. The van der Waals surface area contributed by atoms with Crippen LogP contribution in [0.3, 0.4) is 0 Å². The van der Waals surface area contributed by atoms with E-state index in [-0.39, 0.29) is 0 Å². The fourth-order valence-electron chi connectivity index (χ4n) is 1.37. The molecule has 1 unspecified atom stereocenters. The Morgan fingerprint density at radius 1 is 1.06 bits per heavy atom. The second kappa shape index (κ2) is 5.83. The molecule has 5 atom stereocenters. The van der Waals surface area contributed by atoms with Crippen LogP contribution in [0.15, 0.2) is 4.36 Å². The van der Waals surface area contributed by atoms with Crippen LogP contribution in [0.2, 0.25) is 0 Å². The first-order valence-corrected chi connectivity index (χ1v) is 6.51. The Morgan fingerprint density at radius 2 is 1.61 bits per heavy atom. The number of nitrogens with zero attached hydrogens (tertiary/aromatic N) is 1. The van der Waals surface area contributed by atoms with Crippen molar-refractivity contribution in [1.82, 2.24) is 0 Å². The molecular weight excluding hydrogens is 294 g/mol. The van der Waals surface area contributed by atoms with Gasteiger partial charge in [-0.05, 0) is 0 Å². The van der Waals surface area contributed by atoms with E-state index < -0.39 is 56.5 Å². The smallest absolute Gasteiger partial charge is 0.311 e. The Balaban J connectivity index is 3.12. The van der Waals surface area contributed by atoms with Crippen LogP contribution in [-0.2, 0) is 25.5 Å². The molecule has 1 aliphatic rings. The summed E-state index contributed by atoms with van der Waals surface area (Å²) < 4.78 is 48.9. The maximum absolute atomic E-state index is 10.5. The monoisotopic (exact) mass is 303 g/mol. The summed E-state index contributed by atoms with van der Waals surface area (Å²) in [5, 5.41) is 36.0. The first-order chi connectivity index (χ1) is 8.25. The fourth-order valence-corrected chi connectivity index (χ4v) is 2.19. The largest absolute Gasteiger partial charge is 0.388 e. The highest BCUT2D eigenvalue weighted by atomic mass is 32.2. The van der Waals surface area contributed by atoms with E-state index in [2.05, 4.69) is 9.10 Å². The molecule has 1 heterocycles. The summed E-state index contributed by atoms with van der Waals surface area (Å²) in [5.41, 5.74) is 0. The molecule has 4 N–H and O–H groups in total. The normalized spacial score (nSPS) is 35.9. The molecule has 0 aromatic heterocycles. The lowest BCUT2D eigenvalue weighted by Gasteiger charge is -2.36. The van der Waals surface area contributed by atoms with Crippen LogP contribution in [0.4, 0.5) is 0 Å². The first kappa shape index (κ1) is 15.2. The molecule has 0 aliphatic carbocycles. The summed E-state index contributed by atoms with van der Waals surface area (Å²) in [4.78, 5) is 0. The molecule has 104 valence electrons. The van der Waals surface area contributed by atoms with Gasteiger partial charge in [0.25, 0.3) is 0 Å². The van der Waals surface area contributed by atoms with Crippen LogP contribution in [0.1, 0.15) is 0 Å². The van der Waals surface area contributed by atoms with Gasteiger partial charge >= 0.3 is 10.5 Å². The van der Waals surface area contributed by atoms with Gasteiger partial charge in [0, 0.05) is 0 Å². The highest BCUT2D eigenvalue weighted by molar-refractivity contribution is 7.72. The fraction of sp³-hybridized carbons (Fsp3) is 0.833. The SMILES string of the molecule is O=S(=O)=N[C@H]1C(O)O[C@H](C(O)=S(=O)=O)[C@@H](O)[C@@H]1O. The molecule has 0 spiro atoms. The zero-order chi connectivity index (χ0) is 14.0. The number of rotatable bonds is 2. The van der Waals surface area contributed by atoms with Crippen LogP contribution in [0, 0.1) is 0 Å². The van der Waals surface area contributed by atoms with E-state index >= 15 is 0 Å². The van der Waals surface area contributed by atoms with E-state index in [1.54, 1.807) is 0 Å². The average molecular weight is 303 g/mol. The summed E-state index contributed by atoms with van der Waals surface area (Å²) in [7, 11) is -6.10. The number of hydrogen-bond donors (Lipinski definition) is 4. The Labute approximate surface area is 103 Å². The molecule has 1 rings (SSSR count). The van der Waals surface area contributed by atoms with Crippen molar-refractivity contribution in [2.75, 3.05) is 0 Å². The highest BCUT2D eigenvalue weighted by Crippen LogP contribution is 2.22. The summed E-state index contributed by atoms with van der Waals surface area (Å²) in [6.45, 7) is 0. The van der Waals surface area contributed by atoms with Crippen molar-refractivity contribution in [1.29, 1.82) is 0 Å². The van der Waals surface area contributed by atoms with Crippen molar-refractivity contribution in [2.24, 2.45) is 4.36 Å². The maximum atomic E-state index is 10.5. The van der Waals surface area contributed by atoms with Crippen molar-refractivity contribution >= 4 is 25.8 Å². The molecule has 0 aromatic rings. The Bertz CT molecular complexity index is 560. The molecule has 0 aromatic carbocycles. The van der Waals surface area contributed by atoms with Gasteiger partial charge in [-0.2, -0.15) is 21.2 Å². The van der Waals surface area contributed by atoms with E-state index in [0.717, 1.165) is 0 Å². The van der Waals surface area contributed by atoms with Crippen LogP contribution in [-0.4, -0.2) is 73.0 Å². The molecule has 12 heteroatoms. The highest BCUT2D eigenvalue weighted by Gasteiger charge is 2.46. The second-order valence-electron chi connectivity index (χ2n) is 3.31. The third-order valence-corrected chi connectivity index (χ3v) is 3.20. The van der Waals surface area contributed by atoms with Crippen LogP contribution >= 0.6 is 0 Å². The lowest BCUT2D eigenvalue weighted by molar-refractivity contribution is -0.224. The zero-order valence-electron chi connectivity index (χ0n) is 8.48. The molecule has 1 fully saturated rings. The first-order valence-electron chi connectivity index (χ1n) is 4.40. The lowest BCUT2D eigenvalue weighted by Crippen LogP contribution is -2.59. The summed E-state index contributed by atoms with van der Waals surface area (Å²) in [6.07, 6.45) is -7.80. The zero-order valence-corrected chi connectivity index (χ0v) is 10.1. The summed E-state index contributed by atoms with van der Waals surface area (Å²) in [5.74, 6) is 0. The van der Waals surface area contributed by atoms with Crippen molar-refractivity contribution in [2.45, 2.75) is 30.6 Å². The standard InChI is InChI=1S/C6H9NO9S2/c8-2-1(7-18(14)15)5(10)16-4(3(2)9)6(11)17(12)13/h1-5,8-11H/t1-,2-,3+,4+,5?/m1/s1. The van der Waals surface area contributed by atoms with Crippen molar-refractivity contribution in [3.8, 4) is 0 Å². The number of ether oxygens (including phenoxy) is 1. The summed E-state index contributed by atoms with van der Waals surface area (Å²) in [6, 6.07) is -1.72. The Morgan fingerprint density at radius 3 is 2.06 bits per heavy atom. The van der Waals surface area contributed by atoms with Crippen molar-refractivity contribution in [3.05, 3.63) is 0 Å². The molecule has 0 bridgehead atoms. The van der Waals surface area contributed by atoms with Gasteiger partial charge in [-0.15, -0.1) is 0 Å². The Kier molecular flexibility index (Phi) is 4.92. The van der Waals surface area contributed by atoms with Gasteiger partial charge in [-0.1, -0.05) is 0 Å². The van der Waals surface area contributed by atoms with Crippen LogP contribution < -0.4 is 0 Å². The van der Waals surface area contributed by atoms with Crippen LogP contribution in [0.25, 0.3) is 0 Å². The molecule has 0 radical (unpaired) electrons. The quantitative estimate of drug-likeness (QED) is 0.376. The summed E-state index contributed by atoms with van der Waals surface area (Å²) >= 11 is 0. The number of aliphatic hydroxyl groups excluding tert-OH is 4. The lowest BCUT2D eigenvalue weighted by atomic mass is 9.98. The van der Waals surface area contributed by atoms with Gasteiger partial charge in [-0.3, -0.25) is 0 Å². The Hall–Kier alpha value is -0.890. The molecular formula is C6H9NO9S2. The minimum Gasteiger partial charge on any atom is -0.388 e. The molecule has 18 heavy (non-hydrogen) atoms. The van der Waals surface area contributed by atoms with Crippen LogP contribution in [0.5, 0.6) is 0 Å². The van der Waals surface area contributed by atoms with E-state index in [0.29, 0.717) is 0 Å². The van der Waals surface area contributed by atoms with E-state index in [4.69, 9.17) is 5.11 Å². The maximum Gasteiger partial charge on any atom is 0.311 e. The predicted octanol–water partition coefficient (Wildman–Crippen LogP) is -3.58. The van der Waals surface area contributed by atoms with Gasteiger partial charge in [0.1, 0.15) is 18.2 Å². The third kappa shape index (κ3) is 3.11. The van der Waals surface area contributed by atoms with Crippen molar-refractivity contribution < 1.29 is 42.0 Å². The third-order valence-electron chi connectivity index (χ3n) is 2.21. The van der Waals surface area contributed by atoms with Gasteiger partial charge in [0.05, 0.1) is 0 Å². The number of aliphatic hydroxyl groups is 4. The molecule has 1 aliphatic heterocycles. The van der Waals surface area contributed by atoms with E-state index in [9.17, 15) is 32.2 Å². The van der Waals surface area contributed by atoms with Gasteiger partial charge < -0.3 is 25.2 Å². The molecule has 10 nitrogen and oxygen atoms in total. The minimum absolute atomic E-state index is 1.33. The average Bonchev–Trinajstić information content (AvgIpc) is 2.28. The van der Waals surface area contributed by atoms with E-state index in [1.165, 1.54) is 0 Å². The van der Waals surface area contributed by atoms with Gasteiger partial charge in [0.2, 0.25) is 15.3 Å². The molecule has 0 amide bonds. The number of hydrogen-bond acceptors (Lipinski definition) is 9. The van der Waals surface area contributed by atoms with Crippen molar-refractivity contribution in [3.63, 3.8) is 0 Å². The van der Waals surface area contributed by atoms with Gasteiger partial charge in [-0.25, -0.2) is 0 Å².